The van der Waals surface area contributed by atoms with E-state index in [0.29, 0.717) is 5.69 Å². The number of aromatic nitrogens is 1. The third-order valence-electron chi connectivity index (χ3n) is 2.82. The fourth-order valence-corrected chi connectivity index (χ4v) is 3.48. The van der Waals surface area contributed by atoms with E-state index >= 15 is 0 Å². The number of nitrogen functional groups attached to an aromatic ring is 1. The van der Waals surface area contributed by atoms with Crippen molar-refractivity contribution in [3.8, 4) is 0 Å². The maximum Gasteiger partial charge on any atom is 0.267 e. The van der Waals surface area contributed by atoms with Gasteiger partial charge in [0.2, 0.25) is 0 Å². The summed E-state index contributed by atoms with van der Waals surface area (Å²) in [5.74, 6) is -2.75. The van der Waals surface area contributed by atoms with Crippen molar-refractivity contribution in [2.24, 2.45) is 0 Å². The Kier molecular flexibility index (Phi) is 4.08. The Morgan fingerprint density at radius 1 is 1.24 bits per heavy atom. The summed E-state index contributed by atoms with van der Waals surface area (Å²) in [6.07, 6.45) is 2.81. The molecule has 0 bridgehead atoms. The smallest absolute Gasteiger partial charge is 0.267 e. The summed E-state index contributed by atoms with van der Waals surface area (Å²) in [5.41, 5.74) is 5.54. The lowest BCUT2D eigenvalue weighted by Gasteiger charge is -2.23. The second kappa shape index (κ2) is 5.65. The predicted molar refractivity (Wildman–Crippen MR) is 75.2 cm³/mol. The van der Waals surface area contributed by atoms with Crippen molar-refractivity contribution >= 4 is 21.4 Å². The van der Waals surface area contributed by atoms with E-state index in [0.717, 1.165) is 16.4 Å². The minimum Gasteiger partial charge on any atom is -0.399 e. The summed E-state index contributed by atoms with van der Waals surface area (Å²) in [6, 6.07) is 4.55. The zero-order chi connectivity index (χ0) is 15.6. The lowest BCUT2D eigenvalue weighted by atomic mass is 10.3. The van der Waals surface area contributed by atoms with Gasteiger partial charge in [-0.15, -0.1) is 0 Å². The van der Waals surface area contributed by atoms with E-state index in [9.17, 15) is 17.2 Å². The van der Waals surface area contributed by atoms with Crippen molar-refractivity contribution in [2.45, 2.75) is 11.8 Å². The minimum absolute atomic E-state index is 0.0439. The summed E-state index contributed by atoms with van der Waals surface area (Å²) in [4.78, 5) is 2.99. The van der Waals surface area contributed by atoms with Crippen LogP contribution in [-0.4, -0.2) is 19.9 Å². The van der Waals surface area contributed by atoms with Crippen LogP contribution in [0.4, 0.5) is 20.2 Å². The van der Waals surface area contributed by atoms with E-state index in [1.807, 2.05) is 0 Å². The van der Waals surface area contributed by atoms with Crippen molar-refractivity contribution in [2.75, 3.05) is 16.6 Å². The Balaban J connectivity index is 2.61. The number of benzene rings is 1. The maximum absolute atomic E-state index is 13.8. The summed E-state index contributed by atoms with van der Waals surface area (Å²) in [5, 5.41) is 0. The van der Waals surface area contributed by atoms with Crippen LogP contribution in [0.15, 0.2) is 41.6 Å². The number of halogens is 2. The number of sulfonamides is 1. The van der Waals surface area contributed by atoms with E-state index in [4.69, 9.17) is 5.73 Å². The molecule has 112 valence electrons. The van der Waals surface area contributed by atoms with Gasteiger partial charge in [0.1, 0.15) is 4.90 Å². The number of nitrogens with zero attached hydrogens (tertiary/aromatic N) is 2. The molecular formula is C13H13F2N3O2S. The number of rotatable bonds is 4. The van der Waals surface area contributed by atoms with E-state index in [-0.39, 0.29) is 12.2 Å². The van der Waals surface area contributed by atoms with E-state index < -0.39 is 26.6 Å². The van der Waals surface area contributed by atoms with Crippen LogP contribution in [0.5, 0.6) is 0 Å². The van der Waals surface area contributed by atoms with Gasteiger partial charge in [0, 0.05) is 24.6 Å². The molecule has 0 aliphatic rings. The molecule has 0 aliphatic carbocycles. The van der Waals surface area contributed by atoms with Crippen molar-refractivity contribution in [3.63, 3.8) is 0 Å². The van der Waals surface area contributed by atoms with Gasteiger partial charge in [-0.05, 0) is 31.2 Å². The fourth-order valence-electron chi connectivity index (χ4n) is 1.89. The van der Waals surface area contributed by atoms with Crippen LogP contribution in [0, 0.1) is 11.6 Å². The first kappa shape index (κ1) is 15.2. The maximum atomic E-state index is 13.8. The molecule has 0 saturated heterocycles. The van der Waals surface area contributed by atoms with E-state index in [2.05, 4.69) is 4.98 Å². The van der Waals surface area contributed by atoms with Gasteiger partial charge >= 0.3 is 0 Å². The van der Waals surface area contributed by atoms with E-state index in [1.165, 1.54) is 24.5 Å². The molecule has 2 N–H and O–H groups in total. The number of hydrogen-bond donors (Lipinski definition) is 1. The third kappa shape index (κ3) is 2.80. The summed E-state index contributed by atoms with van der Waals surface area (Å²) < 4.78 is 53.2. The molecule has 1 aromatic carbocycles. The largest absolute Gasteiger partial charge is 0.399 e. The zero-order valence-corrected chi connectivity index (χ0v) is 11.9. The summed E-state index contributed by atoms with van der Waals surface area (Å²) in [7, 11) is -4.27. The first-order chi connectivity index (χ1) is 9.87. The first-order valence-corrected chi connectivity index (χ1v) is 7.49. The molecule has 0 fully saturated rings. The molecule has 21 heavy (non-hydrogen) atoms. The molecule has 0 saturated carbocycles. The average molecular weight is 313 g/mol. The topological polar surface area (TPSA) is 76.3 Å². The van der Waals surface area contributed by atoms with Gasteiger partial charge in [-0.25, -0.2) is 17.2 Å². The average Bonchev–Trinajstić information content (AvgIpc) is 2.44. The SMILES string of the molecule is CCN(c1ccncc1)S(=O)(=O)c1cc(N)cc(F)c1F. The predicted octanol–water partition coefficient (Wildman–Crippen LogP) is 2.16. The quantitative estimate of drug-likeness (QED) is 0.878. The normalized spacial score (nSPS) is 11.4. The van der Waals surface area contributed by atoms with Crippen LogP contribution in [0.25, 0.3) is 0 Å². The fraction of sp³-hybridized carbons (Fsp3) is 0.154. The minimum atomic E-state index is -4.27. The molecule has 0 amide bonds. The summed E-state index contributed by atoms with van der Waals surface area (Å²) in [6.45, 7) is 1.63. The molecule has 0 unspecified atom stereocenters. The Bertz CT molecular complexity index is 752. The standard InChI is InChI=1S/C13H13F2N3O2S/c1-2-18(10-3-5-17-6-4-10)21(19,20)12-8-9(16)7-11(14)13(12)15/h3-8H,2,16H2,1H3. The molecule has 2 rings (SSSR count). The second-order valence-corrected chi connectivity index (χ2v) is 6.02. The molecular weight excluding hydrogens is 300 g/mol. The van der Waals surface area contributed by atoms with Gasteiger partial charge in [0.15, 0.2) is 11.6 Å². The lowest BCUT2D eigenvalue weighted by Crippen LogP contribution is -2.31. The van der Waals surface area contributed by atoms with Crippen LogP contribution in [-0.2, 0) is 10.0 Å². The highest BCUT2D eigenvalue weighted by Crippen LogP contribution is 2.27. The Morgan fingerprint density at radius 2 is 1.86 bits per heavy atom. The number of anilines is 2. The van der Waals surface area contributed by atoms with Crippen molar-refractivity contribution < 1.29 is 17.2 Å². The molecule has 0 aliphatic heterocycles. The van der Waals surface area contributed by atoms with Gasteiger partial charge in [0.05, 0.1) is 5.69 Å². The molecule has 8 heteroatoms. The van der Waals surface area contributed by atoms with Crippen LogP contribution < -0.4 is 10.0 Å². The molecule has 0 radical (unpaired) electrons. The van der Waals surface area contributed by atoms with Crippen molar-refractivity contribution in [1.29, 1.82) is 0 Å². The molecule has 5 nitrogen and oxygen atoms in total. The van der Waals surface area contributed by atoms with E-state index in [1.54, 1.807) is 6.92 Å². The lowest BCUT2D eigenvalue weighted by molar-refractivity contribution is 0.485. The van der Waals surface area contributed by atoms with Gasteiger partial charge in [-0.2, -0.15) is 0 Å². The van der Waals surface area contributed by atoms with Crippen molar-refractivity contribution in [1.82, 2.24) is 4.98 Å². The third-order valence-corrected chi connectivity index (χ3v) is 4.73. The first-order valence-electron chi connectivity index (χ1n) is 6.05. The zero-order valence-electron chi connectivity index (χ0n) is 11.1. The van der Waals surface area contributed by atoms with Crippen LogP contribution in [0.2, 0.25) is 0 Å². The highest BCUT2D eigenvalue weighted by Gasteiger charge is 2.29. The van der Waals surface area contributed by atoms with Crippen molar-refractivity contribution in [3.05, 3.63) is 48.3 Å². The Hall–Kier alpha value is -2.22. The highest BCUT2D eigenvalue weighted by atomic mass is 32.2. The molecule has 0 spiro atoms. The second-order valence-electron chi connectivity index (χ2n) is 4.19. The van der Waals surface area contributed by atoms with Gasteiger partial charge in [-0.1, -0.05) is 0 Å². The van der Waals surface area contributed by atoms with Gasteiger partial charge in [0.25, 0.3) is 10.0 Å². The van der Waals surface area contributed by atoms with Crippen LogP contribution in [0.3, 0.4) is 0 Å². The van der Waals surface area contributed by atoms with Gasteiger partial charge in [-0.3, -0.25) is 9.29 Å². The number of nitrogens with two attached hydrogens (primary N) is 1. The highest BCUT2D eigenvalue weighted by molar-refractivity contribution is 7.92. The molecule has 1 heterocycles. The Labute approximate surface area is 121 Å². The van der Waals surface area contributed by atoms with Gasteiger partial charge < -0.3 is 5.73 Å². The molecule has 1 aromatic heterocycles. The monoisotopic (exact) mass is 313 g/mol. The summed E-state index contributed by atoms with van der Waals surface area (Å²) >= 11 is 0. The Morgan fingerprint density at radius 3 is 2.43 bits per heavy atom. The van der Waals surface area contributed by atoms with Crippen LogP contribution in [0.1, 0.15) is 6.92 Å². The molecule has 2 aromatic rings. The van der Waals surface area contributed by atoms with Crippen LogP contribution >= 0.6 is 0 Å². The molecule has 0 atom stereocenters. The number of hydrogen-bond acceptors (Lipinski definition) is 4. The number of pyridine rings is 1.